The van der Waals surface area contributed by atoms with Crippen molar-refractivity contribution in [1.82, 2.24) is 20.2 Å². The van der Waals surface area contributed by atoms with Gasteiger partial charge in [-0.05, 0) is 36.1 Å². The van der Waals surface area contributed by atoms with Crippen LogP contribution >= 0.6 is 0 Å². The first-order valence-corrected chi connectivity index (χ1v) is 5.50. The van der Waals surface area contributed by atoms with Gasteiger partial charge in [0.25, 0.3) is 0 Å². The number of hydrogen-bond donors (Lipinski definition) is 0. The summed E-state index contributed by atoms with van der Waals surface area (Å²) in [4.78, 5) is 0. The highest BCUT2D eigenvalue weighted by molar-refractivity contribution is 4.60. The van der Waals surface area contributed by atoms with Crippen LogP contribution in [0, 0.1) is 5.92 Å². The molecular formula is C10H20N4O. The van der Waals surface area contributed by atoms with Crippen LogP contribution in [0.2, 0.25) is 0 Å². The first kappa shape index (κ1) is 12.1. The summed E-state index contributed by atoms with van der Waals surface area (Å²) in [6.45, 7) is 8.09. The van der Waals surface area contributed by atoms with E-state index in [9.17, 15) is 0 Å². The number of tetrazole rings is 1. The van der Waals surface area contributed by atoms with Crippen molar-refractivity contribution in [2.24, 2.45) is 5.92 Å². The molecule has 0 bridgehead atoms. The third-order valence-electron chi connectivity index (χ3n) is 2.18. The number of aromatic nitrogens is 4. The maximum absolute atomic E-state index is 5.50. The second-order valence-corrected chi connectivity index (χ2v) is 4.25. The van der Waals surface area contributed by atoms with Crippen LogP contribution < -0.4 is 0 Å². The van der Waals surface area contributed by atoms with Crippen molar-refractivity contribution >= 4 is 0 Å². The maximum Gasteiger partial charge on any atom is 0.138 e. The molecule has 0 spiro atoms. The zero-order valence-electron chi connectivity index (χ0n) is 9.76. The summed E-state index contributed by atoms with van der Waals surface area (Å²) in [5.41, 5.74) is 0. The zero-order valence-corrected chi connectivity index (χ0v) is 9.76. The molecule has 0 aromatic carbocycles. The van der Waals surface area contributed by atoms with Gasteiger partial charge in [0.1, 0.15) is 6.33 Å². The molecule has 15 heavy (non-hydrogen) atoms. The van der Waals surface area contributed by atoms with Crippen LogP contribution in [0.5, 0.6) is 0 Å². The largest absolute Gasteiger partial charge is 0.381 e. The highest BCUT2D eigenvalue weighted by atomic mass is 16.5. The quantitative estimate of drug-likeness (QED) is 0.645. The molecule has 0 amide bonds. The first-order chi connectivity index (χ1) is 7.20. The molecule has 1 atom stereocenters. The Labute approximate surface area is 90.8 Å². The third-order valence-corrected chi connectivity index (χ3v) is 2.18. The minimum absolute atomic E-state index is 0.350. The monoisotopic (exact) mass is 212 g/mol. The molecule has 0 fully saturated rings. The summed E-state index contributed by atoms with van der Waals surface area (Å²) in [6, 6.07) is 0.350. The fraction of sp³-hybridized carbons (Fsp3) is 0.900. The molecule has 5 nitrogen and oxygen atoms in total. The number of ether oxygens (including phenoxy) is 1. The van der Waals surface area contributed by atoms with Crippen molar-refractivity contribution in [2.45, 2.75) is 39.7 Å². The van der Waals surface area contributed by atoms with Gasteiger partial charge in [-0.1, -0.05) is 13.8 Å². The lowest BCUT2D eigenvalue weighted by molar-refractivity contribution is 0.104. The standard InChI is InChI=1S/C10H20N4O/c1-9(2)7-15-6-4-5-10(3)14-8-11-12-13-14/h8-10H,4-7H2,1-3H3. The Kier molecular flexibility index (Phi) is 5.25. The van der Waals surface area contributed by atoms with Gasteiger partial charge in [0, 0.05) is 13.2 Å². The summed E-state index contributed by atoms with van der Waals surface area (Å²) in [7, 11) is 0. The van der Waals surface area contributed by atoms with Crippen molar-refractivity contribution in [2.75, 3.05) is 13.2 Å². The predicted molar refractivity (Wildman–Crippen MR) is 57.4 cm³/mol. The van der Waals surface area contributed by atoms with Gasteiger partial charge >= 0.3 is 0 Å². The van der Waals surface area contributed by atoms with Crippen molar-refractivity contribution < 1.29 is 4.74 Å². The molecule has 1 unspecified atom stereocenters. The van der Waals surface area contributed by atoms with E-state index in [2.05, 4.69) is 36.3 Å². The zero-order chi connectivity index (χ0) is 11.1. The van der Waals surface area contributed by atoms with Crippen LogP contribution in [-0.4, -0.2) is 33.4 Å². The summed E-state index contributed by atoms with van der Waals surface area (Å²) >= 11 is 0. The van der Waals surface area contributed by atoms with Crippen LogP contribution in [0.1, 0.15) is 39.7 Å². The molecular weight excluding hydrogens is 192 g/mol. The summed E-state index contributed by atoms with van der Waals surface area (Å²) in [5, 5.41) is 11.1. The van der Waals surface area contributed by atoms with Gasteiger partial charge in [-0.3, -0.25) is 0 Å². The van der Waals surface area contributed by atoms with Crippen molar-refractivity contribution in [3.05, 3.63) is 6.33 Å². The Bertz CT molecular complexity index is 248. The molecule has 0 aliphatic carbocycles. The Hall–Kier alpha value is -0.970. The second-order valence-electron chi connectivity index (χ2n) is 4.25. The first-order valence-electron chi connectivity index (χ1n) is 5.50. The summed E-state index contributed by atoms with van der Waals surface area (Å²) in [6.07, 6.45) is 3.75. The molecule has 0 saturated heterocycles. The van der Waals surface area contributed by atoms with E-state index in [4.69, 9.17) is 4.74 Å². The SMILES string of the molecule is CC(C)COCCCC(C)n1cnnn1. The minimum atomic E-state index is 0.350. The molecule has 0 radical (unpaired) electrons. The Morgan fingerprint density at radius 3 is 2.73 bits per heavy atom. The lowest BCUT2D eigenvalue weighted by Gasteiger charge is -2.11. The topological polar surface area (TPSA) is 52.8 Å². The van der Waals surface area contributed by atoms with Crippen molar-refractivity contribution in [3.8, 4) is 0 Å². The van der Waals surface area contributed by atoms with E-state index in [0.29, 0.717) is 12.0 Å². The Morgan fingerprint density at radius 1 is 1.33 bits per heavy atom. The van der Waals surface area contributed by atoms with Crippen LogP contribution in [0.3, 0.4) is 0 Å². The van der Waals surface area contributed by atoms with E-state index in [1.165, 1.54) is 0 Å². The fourth-order valence-corrected chi connectivity index (χ4v) is 1.30. The highest BCUT2D eigenvalue weighted by Gasteiger charge is 2.05. The van der Waals surface area contributed by atoms with Crippen molar-refractivity contribution in [1.29, 1.82) is 0 Å². The predicted octanol–water partition coefficient (Wildman–Crippen LogP) is 1.69. The third kappa shape index (κ3) is 4.88. The van der Waals surface area contributed by atoms with E-state index in [1.54, 1.807) is 11.0 Å². The molecule has 1 aromatic rings. The Morgan fingerprint density at radius 2 is 2.13 bits per heavy atom. The van der Waals surface area contributed by atoms with E-state index < -0.39 is 0 Å². The summed E-state index contributed by atoms with van der Waals surface area (Å²) < 4.78 is 7.28. The van der Waals surface area contributed by atoms with Crippen molar-refractivity contribution in [3.63, 3.8) is 0 Å². The molecule has 1 aromatic heterocycles. The van der Waals surface area contributed by atoms with E-state index in [-0.39, 0.29) is 0 Å². The molecule has 0 aliphatic heterocycles. The van der Waals surface area contributed by atoms with E-state index in [0.717, 1.165) is 26.1 Å². The molecule has 0 aliphatic rings. The lowest BCUT2D eigenvalue weighted by Crippen LogP contribution is -2.08. The van der Waals surface area contributed by atoms with Crippen LogP contribution in [-0.2, 0) is 4.74 Å². The maximum atomic E-state index is 5.50. The number of nitrogens with zero attached hydrogens (tertiary/aromatic N) is 4. The average molecular weight is 212 g/mol. The van der Waals surface area contributed by atoms with Gasteiger partial charge in [-0.2, -0.15) is 0 Å². The summed E-state index contributed by atoms with van der Waals surface area (Å²) in [5.74, 6) is 0.613. The molecule has 0 saturated carbocycles. The smallest absolute Gasteiger partial charge is 0.138 e. The number of hydrogen-bond acceptors (Lipinski definition) is 4. The minimum Gasteiger partial charge on any atom is -0.381 e. The molecule has 5 heteroatoms. The molecule has 1 rings (SSSR count). The second kappa shape index (κ2) is 6.50. The fourth-order valence-electron chi connectivity index (χ4n) is 1.30. The highest BCUT2D eigenvalue weighted by Crippen LogP contribution is 2.10. The van der Waals surface area contributed by atoms with Gasteiger partial charge in [0.05, 0.1) is 6.04 Å². The van der Waals surface area contributed by atoms with E-state index in [1.807, 2.05) is 0 Å². The average Bonchev–Trinajstić information content (AvgIpc) is 2.69. The normalized spacial score (nSPS) is 13.3. The molecule has 0 N–H and O–H groups in total. The molecule has 1 heterocycles. The van der Waals surface area contributed by atoms with Gasteiger partial charge < -0.3 is 4.74 Å². The van der Waals surface area contributed by atoms with Crippen LogP contribution in [0.15, 0.2) is 6.33 Å². The Balaban J connectivity index is 2.05. The molecule has 86 valence electrons. The van der Waals surface area contributed by atoms with Gasteiger partial charge in [0.15, 0.2) is 0 Å². The number of rotatable bonds is 7. The van der Waals surface area contributed by atoms with Gasteiger partial charge in [-0.25, -0.2) is 4.68 Å². The van der Waals surface area contributed by atoms with Gasteiger partial charge in [0.2, 0.25) is 0 Å². The van der Waals surface area contributed by atoms with Crippen LogP contribution in [0.25, 0.3) is 0 Å². The lowest BCUT2D eigenvalue weighted by atomic mass is 10.2. The van der Waals surface area contributed by atoms with Gasteiger partial charge in [-0.15, -0.1) is 5.10 Å². The van der Waals surface area contributed by atoms with Crippen LogP contribution in [0.4, 0.5) is 0 Å². The van der Waals surface area contributed by atoms with E-state index >= 15 is 0 Å².